The zero-order chi connectivity index (χ0) is 25.1. The quantitative estimate of drug-likeness (QED) is 0.173. The monoisotopic (exact) mass is 474 g/mol. The Bertz CT molecular complexity index is 996. The average Bonchev–Trinajstić information content (AvgIpc) is 3.29. The van der Waals surface area contributed by atoms with Gasteiger partial charge in [-0.3, -0.25) is 24.0 Å². The number of aliphatic carboxylic acids is 2. The SMILES string of the molecule is NC(CC(=O)O)C(=O)NC(Cc1cnc[nH]1)C(=O)NC(Cc1ccccc1)C(=O)NCC(=O)O. The number of carbonyl (C=O) groups excluding carboxylic acids is 3. The van der Waals surface area contributed by atoms with Gasteiger partial charge in [0.2, 0.25) is 17.7 Å². The maximum atomic E-state index is 13.1. The van der Waals surface area contributed by atoms with Crippen LogP contribution >= 0.6 is 0 Å². The number of aromatic nitrogens is 2. The van der Waals surface area contributed by atoms with Gasteiger partial charge in [-0.2, -0.15) is 0 Å². The van der Waals surface area contributed by atoms with Gasteiger partial charge in [0.15, 0.2) is 0 Å². The van der Waals surface area contributed by atoms with E-state index in [9.17, 15) is 24.0 Å². The molecule has 0 fully saturated rings. The molecule has 13 heteroatoms. The number of nitrogens with one attached hydrogen (secondary N) is 4. The molecule has 0 aliphatic heterocycles. The van der Waals surface area contributed by atoms with Crippen LogP contribution in [0.4, 0.5) is 0 Å². The minimum atomic E-state index is -1.39. The van der Waals surface area contributed by atoms with Crippen LogP contribution in [0.3, 0.4) is 0 Å². The Morgan fingerprint density at radius 2 is 1.56 bits per heavy atom. The van der Waals surface area contributed by atoms with Crippen LogP contribution in [-0.2, 0) is 36.8 Å². The molecule has 0 radical (unpaired) electrons. The van der Waals surface area contributed by atoms with E-state index in [1.165, 1.54) is 12.5 Å². The van der Waals surface area contributed by atoms with Crippen LogP contribution in [0.2, 0.25) is 0 Å². The summed E-state index contributed by atoms with van der Waals surface area (Å²) in [6.07, 6.45) is 2.18. The summed E-state index contributed by atoms with van der Waals surface area (Å²) in [5.41, 5.74) is 6.79. The average molecular weight is 474 g/mol. The molecule has 0 aliphatic carbocycles. The number of hydrogen-bond acceptors (Lipinski definition) is 7. The lowest BCUT2D eigenvalue weighted by molar-refractivity contribution is -0.139. The molecule has 2 aromatic rings. The zero-order valence-electron chi connectivity index (χ0n) is 18.1. The number of carbonyl (C=O) groups is 5. The van der Waals surface area contributed by atoms with Gasteiger partial charge in [0.25, 0.3) is 0 Å². The largest absolute Gasteiger partial charge is 0.481 e. The molecule has 3 atom stereocenters. The molecule has 1 aromatic carbocycles. The molecule has 34 heavy (non-hydrogen) atoms. The molecule has 182 valence electrons. The van der Waals surface area contributed by atoms with Gasteiger partial charge in [-0.25, -0.2) is 4.98 Å². The lowest BCUT2D eigenvalue weighted by atomic mass is 10.0. The van der Waals surface area contributed by atoms with Gasteiger partial charge in [0.1, 0.15) is 18.6 Å². The highest BCUT2D eigenvalue weighted by Gasteiger charge is 2.29. The summed E-state index contributed by atoms with van der Waals surface area (Å²) < 4.78 is 0. The summed E-state index contributed by atoms with van der Waals surface area (Å²) in [6.45, 7) is -0.641. The Labute approximate surface area is 194 Å². The van der Waals surface area contributed by atoms with Crippen molar-refractivity contribution in [3.05, 3.63) is 54.1 Å². The number of H-pyrrole nitrogens is 1. The maximum absolute atomic E-state index is 13.1. The predicted molar refractivity (Wildman–Crippen MR) is 117 cm³/mol. The molecule has 3 amide bonds. The highest BCUT2D eigenvalue weighted by molar-refractivity contribution is 5.94. The molecule has 0 saturated heterocycles. The molecule has 8 N–H and O–H groups in total. The van der Waals surface area contributed by atoms with E-state index >= 15 is 0 Å². The lowest BCUT2D eigenvalue weighted by Gasteiger charge is -2.24. The van der Waals surface area contributed by atoms with Crippen LogP contribution in [-0.4, -0.2) is 74.5 Å². The molecular weight excluding hydrogens is 448 g/mol. The molecule has 0 aliphatic rings. The lowest BCUT2D eigenvalue weighted by Crippen LogP contribution is -2.57. The zero-order valence-corrected chi connectivity index (χ0v) is 18.1. The van der Waals surface area contributed by atoms with Gasteiger partial charge in [-0.15, -0.1) is 0 Å². The second-order valence-corrected chi connectivity index (χ2v) is 7.41. The Hall–Kier alpha value is -4.26. The smallest absolute Gasteiger partial charge is 0.322 e. The third-order valence-corrected chi connectivity index (χ3v) is 4.67. The number of aromatic amines is 1. The van der Waals surface area contributed by atoms with Crippen LogP contribution in [0.25, 0.3) is 0 Å². The molecule has 1 heterocycles. The first kappa shape index (κ1) is 26.0. The Morgan fingerprint density at radius 3 is 2.15 bits per heavy atom. The summed E-state index contributed by atoms with van der Waals surface area (Å²) in [6, 6.07) is 4.97. The molecule has 0 saturated carbocycles. The third-order valence-electron chi connectivity index (χ3n) is 4.67. The van der Waals surface area contributed by atoms with Crippen molar-refractivity contribution in [1.82, 2.24) is 25.9 Å². The Morgan fingerprint density at radius 1 is 0.912 bits per heavy atom. The van der Waals surface area contributed by atoms with Crippen molar-refractivity contribution in [2.24, 2.45) is 5.73 Å². The number of nitrogens with zero attached hydrogens (tertiary/aromatic N) is 1. The van der Waals surface area contributed by atoms with Crippen LogP contribution in [0.1, 0.15) is 17.7 Å². The van der Waals surface area contributed by atoms with Crippen LogP contribution in [0.15, 0.2) is 42.9 Å². The fraction of sp³-hybridized carbons (Fsp3) is 0.333. The number of carboxylic acid groups (broad SMARTS) is 2. The van der Waals surface area contributed by atoms with Crippen molar-refractivity contribution < 1.29 is 34.2 Å². The van der Waals surface area contributed by atoms with E-state index in [4.69, 9.17) is 15.9 Å². The minimum Gasteiger partial charge on any atom is -0.481 e. The first-order chi connectivity index (χ1) is 16.2. The molecule has 1 aromatic heterocycles. The van der Waals surface area contributed by atoms with Gasteiger partial charge in [0, 0.05) is 24.7 Å². The number of benzene rings is 1. The fourth-order valence-corrected chi connectivity index (χ4v) is 3.00. The van der Waals surface area contributed by atoms with Crippen molar-refractivity contribution in [2.75, 3.05) is 6.54 Å². The second-order valence-electron chi connectivity index (χ2n) is 7.41. The van der Waals surface area contributed by atoms with E-state index in [0.717, 1.165) is 0 Å². The second kappa shape index (κ2) is 12.7. The van der Waals surface area contributed by atoms with E-state index in [2.05, 4.69) is 25.9 Å². The number of amides is 3. The number of imidazole rings is 1. The molecule has 13 nitrogen and oxygen atoms in total. The third kappa shape index (κ3) is 8.70. The first-order valence-electron chi connectivity index (χ1n) is 10.2. The van der Waals surface area contributed by atoms with E-state index in [1.807, 2.05) is 0 Å². The minimum absolute atomic E-state index is 0.0494. The summed E-state index contributed by atoms with van der Waals surface area (Å²) in [5, 5.41) is 24.9. The summed E-state index contributed by atoms with van der Waals surface area (Å²) in [5.74, 6) is -4.88. The Balaban J connectivity index is 2.20. The van der Waals surface area contributed by atoms with Crippen LogP contribution < -0.4 is 21.7 Å². The van der Waals surface area contributed by atoms with Crippen LogP contribution in [0, 0.1) is 0 Å². The van der Waals surface area contributed by atoms with Crippen LogP contribution in [0.5, 0.6) is 0 Å². The molecule has 3 unspecified atom stereocenters. The van der Waals surface area contributed by atoms with E-state index < -0.39 is 60.8 Å². The van der Waals surface area contributed by atoms with Crippen molar-refractivity contribution in [2.45, 2.75) is 37.4 Å². The van der Waals surface area contributed by atoms with Crippen molar-refractivity contribution in [1.29, 1.82) is 0 Å². The topological polar surface area (TPSA) is 217 Å². The van der Waals surface area contributed by atoms with Gasteiger partial charge >= 0.3 is 11.9 Å². The normalized spacial score (nSPS) is 13.2. The standard InChI is InChI=1S/C21H26N6O7/c22-14(8-17(28)29)19(32)26-16(7-13-9-23-11-25-13)21(34)27-15(20(33)24-10-18(30)31)6-12-4-2-1-3-5-12/h1-5,9,11,14-16H,6-8,10,22H2,(H,23,25)(H,24,33)(H,26,32)(H,27,34)(H,28,29)(H,30,31). The fourth-order valence-electron chi connectivity index (χ4n) is 3.00. The number of hydrogen-bond donors (Lipinski definition) is 7. The highest BCUT2D eigenvalue weighted by atomic mass is 16.4. The molecule has 0 bridgehead atoms. The summed E-state index contributed by atoms with van der Waals surface area (Å²) >= 11 is 0. The molecular formula is C21H26N6O7. The van der Waals surface area contributed by atoms with E-state index in [0.29, 0.717) is 11.3 Å². The first-order valence-corrected chi connectivity index (χ1v) is 10.2. The predicted octanol–water partition coefficient (Wildman–Crippen LogP) is -1.83. The molecule has 2 rings (SSSR count). The van der Waals surface area contributed by atoms with E-state index in [1.54, 1.807) is 30.3 Å². The van der Waals surface area contributed by atoms with Crippen molar-refractivity contribution in [3.63, 3.8) is 0 Å². The maximum Gasteiger partial charge on any atom is 0.322 e. The van der Waals surface area contributed by atoms with Gasteiger partial charge < -0.3 is 36.9 Å². The molecule has 0 spiro atoms. The van der Waals surface area contributed by atoms with Crippen molar-refractivity contribution in [3.8, 4) is 0 Å². The van der Waals surface area contributed by atoms with Gasteiger partial charge in [-0.05, 0) is 5.56 Å². The number of carboxylic acids is 2. The van der Waals surface area contributed by atoms with Crippen molar-refractivity contribution >= 4 is 29.7 Å². The van der Waals surface area contributed by atoms with E-state index in [-0.39, 0.29) is 12.8 Å². The summed E-state index contributed by atoms with van der Waals surface area (Å²) in [7, 11) is 0. The number of nitrogens with two attached hydrogens (primary N) is 1. The van der Waals surface area contributed by atoms with Gasteiger partial charge in [-0.1, -0.05) is 30.3 Å². The Kier molecular flexibility index (Phi) is 9.71. The highest BCUT2D eigenvalue weighted by Crippen LogP contribution is 2.06. The number of rotatable bonds is 13. The van der Waals surface area contributed by atoms with Gasteiger partial charge in [0.05, 0.1) is 18.8 Å². The summed E-state index contributed by atoms with van der Waals surface area (Å²) in [4.78, 5) is 66.4.